The Hall–Kier alpha value is -2.25. The molecule has 1 aliphatic rings. The van der Waals surface area contributed by atoms with E-state index >= 15 is 0 Å². The third kappa shape index (κ3) is 4.42. The minimum absolute atomic E-state index is 0.935. The molecular formula is C26H30ClN. The van der Waals surface area contributed by atoms with Gasteiger partial charge in [0, 0.05) is 23.5 Å². The Kier molecular flexibility index (Phi) is 6.80. The maximum atomic E-state index is 6.67. The molecule has 0 N–H and O–H groups in total. The molecule has 0 saturated heterocycles. The van der Waals surface area contributed by atoms with Crippen molar-refractivity contribution in [1.29, 1.82) is 0 Å². The molecule has 0 spiro atoms. The van der Waals surface area contributed by atoms with Crippen LogP contribution in [0, 0.1) is 6.92 Å². The van der Waals surface area contributed by atoms with Crippen molar-refractivity contribution >= 4 is 28.1 Å². The van der Waals surface area contributed by atoms with Gasteiger partial charge in [-0.2, -0.15) is 0 Å². The Balaban J connectivity index is 1.88. The monoisotopic (exact) mass is 391 g/mol. The predicted molar refractivity (Wildman–Crippen MR) is 125 cm³/mol. The van der Waals surface area contributed by atoms with Gasteiger partial charge in [0.05, 0.1) is 0 Å². The van der Waals surface area contributed by atoms with Gasteiger partial charge in [0.15, 0.2) is 0 Å². The van der Waals surface area contributed by atoms with Gasteiger partial charge in [0.1, 0.15) is 0 Å². The summed E-state index contributed by atoms with van der Waals surface area (Å²) in [5, 5.41) is 3.53. The number of allylic oxidation sites excluding steroid dienone is 8. The summed E-state index contributed by atoms with van der Waals surface area (Å²) in [5.41, 5.74) is 6.26. The second-order valence-corrected chi connectivity index (χ2v) is 7.87. The summed E-state index contributed by atoms with van der Waals surface area (Å²) in [6.45, 7) is 6.51. The minimum Gasteiger partial charge on any atom is -0.348 e. The minimum atomic E-state index is 0.935. The van der Waals surface area contributed by atoms with Crippen LogP contribution in [-0.2, 0) is 0 Å². The van der Waals surface area contributed by atoms with Gasteiger partial charge in [0.25, 0.3) is 0 Å². The predicted octanol–water partition coefficient (Wildman–Crippen LogP) is 8.06. The zero-order valence-electron chi connectivity index (χ0n) is 17.4. The van der Waals surface area contributed by atoms with Crippen LogP contribution in [0.25, 0.3) is 10.8 Å². The van der Waals surface area contributed by atoms with E-state index in [1.165, 1.54) is 38.9 Å². The van der Waals surface area contributed by atoms with E-state index in [-0.39, 0.29) is 0 Å². The van der Waals surface area contributed by atoms with Gasteiger partial charge in [-0.05, 0) is 79.2 Å². The molecule has 146 valence electrons. The highest BCUT2D eigenvalue weighted by Crippen LogP contribution is 2.34. The molecule has 28 heavy (non-hydrogen) atoms. The van der Waals surface area contributed by atoms with Crippen LogP contribution in [0.4, 0.5) is 5.69 Å². The molecule has 1 aliphatic carbocycles. The molecule has 0 saturated carbocycles. The smallest absolute Gasteiger partial charge is 0.0469 e. The van der Waals surface area contributed by atoms with E-state index in [9.17, 15) is 0 Å². The third-order valence-electron chi connectivity index (χ3n) is 5.60. The first-order valence-corrected chi connectivity index (χ1v) is 10.6. The van der Waals surface area contributed by atoms with Crippen molar-refractivity contribution < 1.29 is 0 Å². The number of fused-ring (bicyclic) bond motifs is 1. The molecule has 3 rings (SSSR count). The Morgan fingerprint density at radius 1 is 1.14 bits per heavy atom. The molecule has 2 aromatic carbocycles. The lowest BCUT2D eigenvalue weighted by Crippen LogP contribution is -2.15. The average molecular weight is 392 g/mol. The zero-order chi connectivity index (χ0) is 20.1. The second-order valence-electron chi connectivity index (χ2n) is 7.49. The van der Waals surface area contributed by atoms with Crippen molar-refractivity contribution in [2.45, 2.75) is 46.5 Å². The van der Waals surface area contributed by atoms with Crippen LogP contribution in [0.2, 0.25) is 0 Å². The quantitative estimate of drug-likeness (QED) is 0.498. The van der Waals surface area contributed by atoms with Gasteiger partial charge in [-0.3, -0.25) is 0 Å². The fourth-order valence-electron chi connectivity index (χ4n) is 3.77. The molecule has 0 amide bonds. The van der Waals surface area contributed by atoms with Crippen molar-refractivity contribution in [2.24, 2.45) is 0 Å². The fraction of sp³-hybridized carbons (Fsp3) is 0.308. The van der Waals surface area contributed by atoms with E-state index in [1.54, 1.807) is 0 Å². The van der Waals surface area contributed by atoms with Crippen molar-refractivity contribution in [3.8, 4) is 0 Å². The molecule has 0 radical (unpaired) electrons. The molecule has 0 heterocycles. The van der Waals surface area contributed by atoms with Crippen LogP contribution in [0.3, 0.4) is 0 Å². The molecule has 2 aromatic rings. The SMILES string of the molecule is CC/C=C/C1=C(Cl)C(=C/C=C(\C)N(C)c2ccc3ccccc3c2C)/CCC1. The third-order valence-corrected chi connectivity index (χ3v) is 6.08. The Morgan fingerprint density at radius 3 is 2.71 bits per heavy atom. The summed E-state index contributed by atoms with van der Waals surface area (Å²) in [6.07, 6.45) is 13.1. The van der Waals surface area contributed by atoms with E-state index in [1.807, 2.05) is 0 Å². The molecule has 1 nitrogen and oxygen atoms in total. The van der Waals surface area contributed by atoms with Crippen LogP contribution >= 0.6 is 11.6 Å². The molecule has 0 aliphatic heterocycles. The number of aryl methyl sites for hydroxylation is 1. The molecule has 0 unspecified atom stereocenters. The molecule has 2 heteroatoms. The highest BCUT2D eigenvalue weighted by molar-refractivity contribution is 6.32. The first-order valence-electron chi connectivity index (χ1n) is 10.2. The van der Waals surface area contributed by atoms with Crippen LogP contribution in [-0.4, -0.2) is 7.05 Å². The van der Waals surface area contributed by atoms with Gasteiger partial charge >= 0.3 is 0 Å². The molecule has 0 aromatic heterocycles. The van der Waals surface area contributed by atoms with E-state index in [0.29, 0.717) is 0 Å². The first kappa shape index (κ1) is 20.5. The number of hydrogen-bond donors (Lipinski definition) is 0. The fourth-order valence-corrected chi connectivity index (χ4v) is 4.08. The number of nitrogens with zero attached hydrogens (tertiary/aromatic N) is 1. The van der Waals surface area contributed by atoms with Gasteiger partial charge < -0.3 is 4.90 Å². The van der Waals surface area contributed by atoms with Gasteiger partial charge in [-0.25, -0.2) is 0 Å². The van der Waals surface area contributed by atoms with Crippen molar-refractivity contribution in [1.82, 2.24) is 0 Å². The first-order chi connectivity index (χ1) is 13.5. The van der Waals surface area contributed by atoms with Crippen molar-refractivity contribution in [2.75, 3.05) is 11.9 Å². The van der Waals surface area contributed by atoms with E-state index < -0.39 is 0 Å². The van der Waals surface area contributed by atoms with Gasteiger partial charge in [-0.1, -0.05) is 67.1 Å². The standard InChI is InChI=1S/C26H30ClN/c1-5-6-10-22-12-9-13-23(26(22)27)16-15-19(2)28(4)25-18-17-21-11-7-8-14-24(21)20(25)3/h6-8,10-11,14-18H,5,9,12-13H2,1-4H3/b10-6+,19-15+,23-16+. The van der Waals surface area contributed by atoms with E-state index in [2.05, 4.69) is 93.4 Å². The lowest BCUT2D eigenvalue weighted by Gasteiger charge is -2.23. The van der Waals surface area contributed by atoms with Crippen LogP contribution in [0.5, 0.6) is 0 Å². The van der Waals surface area contributed by atoms with Crippen molar-refractivity contribution in [3.63, 3.8) is 0 Å². The molecule has 0 fully saturated rings. The summed E-state index contributed by atoms with van der Waals surface area (Å²) in [4.78, 5) is 2.26. The number of anilines is 1. The Morgan fingerprint density at radius 2 is 1.93 bits per heavy atom. The summed E-state index contributed by atoms with van der Waals surface area (Å²) in [6, 6.07) is 13.0. The van der Waals surface area contributed by atoms with E-state index in [0.717, 1.165) is 30.7 Å². The number of rotatable bonds is 5. The van der Waals surface area contributed by atoms with E-state index in [4.69, 9.17) is 11.6 Å². The van der Waals surface area contributed by atoms with Gasteiger partial charge in [0.2, 0.25) is 0 Å². The Labute approximate surface area is 174 Å². The zero-order valence-corrected chi connectivity index (χ0v) is 18.2. The second kappa shape index (κ2) is 9.30. The number of hydrogen-bond acceptors (Lipinski definition) is 1. The summed E-state index contributed by atoms with van der Waals surface area (Å²) >= 11 is 6.67. The topological polar surface area (TPSA) is 3.24 Å². The number of benzene rings is 2. The summed E-state index contributed by atoms with van der Waals surface area (Å²) in [7, 11) is 2.13. The lowest BCUT2D eigenvalue weighted by molar-refractivity contribution is 0.791. The van der Waals surface area contributed by atoms with Crippen molar-refractivity contribution in [3.05, 3.63) is 88.1 Å². The maximum Gasteiger partial charge on any atom is 0.0469 e. The highest BCUT2D eigenvalue weighted by atomic mass is 35.5. The highest BCUT2D eigenvalue weighted by Gasteiger charge is 2.14. The Bertz CT molecular complexity index is 975. The molecule has 0 bridgehead atoms. The van der Waals surface area contributed by atoms with Crippen LogP contribution in [0.1, 0.15) is 45.1 Å². The summed E-state index contributed by atoms with van der Waals surface area (Å²) < 4.78 is 0. The van der Waals surface area contributed by atoms with Crippen LogP contribution in [0.15, 0.2) is 82.6 Å². The maximum absolute atomic E-state index is 6.67. The normalized spacial score (nSPS) is 17.2. The van der Waals surface area contributed by atoms with Crippen LogP contribution < -0.4 is 4.90 Å². The average Bonchev–Trinajstić information content (AvgIpc) is 2.72. The number of halogens is 1. The molecule has 0 atom stereocenters. The molecular weight excluding hydrogens is 362 g/mol. The lowest BCUT2D eigenvalue weighted by atomic mass is 9.94. The summed E-state index contributed by atoms with van der Waals surface area (Å²) in [5.74, 6) is 0. The largest absolute Gasteiger partial charge is 0.348 e. The van der Waals surface area contributed by atoms with Gasteiger partial charge in [-0.15, -0.1) is 0 Å².